The van der Waals surface area contributed by atoms with Gasteiger partial charge in [0, 0.05) is 24.8 Å². The topological polar surface area (TPSA) is 70.6 Å². The third kappa shape index (κ3) is 4.90. The minimum atomic E-state index is -3.20. The predicted octanol–water partition coefficient (Wildman–Crippen LogP) is 3.02. The molecule has 1 saturated carbocycles. The molecular formula is C21H26FN3O2S. The Morgan fingerprint density at radius 3 is 2.36 bits per heavy atom. The van der Waals surface area contributed by atoms with E-state index in [2.05, 4.69) is 15.6 Å². The standard InChI is InChI=1S/C21H26FN3O2S/c1-3-23-20(24-14-16-8-10-17(11-9-16)28(2,26)27)25-15-21(12-13-21)18-6-4-5-7-19(18)22/h4-11H,3,12-15H2,1-2H3,(H2,23,24,25). The van der Waals surface area contributed by atoms with E-state index >= 15 is 0 Å². The Hall–Kier alpha value is -2.41. The summed E-state index contributed by atoms with van der Waals surface area (Å²) in [7, 11) is -3.20. The number of nitrogens with zero attached hydrogens (tertiary/aromatic N) is 1. The molecule has 2 aromatic carbocycles. The normalized spacial score (nSPS) is 15.9. The van der Waals surface area contributed by atoms with Gasteiger partial charge in [-0.15, -0.1) is 0 Å². The Bertz CT molecular complexity index is 952. The van der Waals surface area contributed by atoms with Crippen molar-refractivity contribution in [2.45, 2.75) is 36.6 Å². The van der Waals surface area contributed by atoms with E-state index in [1.807, 2.05) is 19.1 Å². The summed E-state index contributed by atoms with van der Waals surface area (Å²) in [5.41, 5.74) is 1.51. The molecule has 1 aliphatic rings. The molecule has 0 atom stereocenters. The van der Waals surface area contributed by atoms with Crippen LogP contribution in [-0.2, 0) is 21.8 Å². The van der Waals surface area contributed by atoms with Crippen molar-refractivity contribution in [3.8, 4) is 0 Å². The highest BCUT2D eigenvalue weighted by atomic mass is 32.2. The highest BCUT2D eigenvalue weighted by Gasteiger charge is 2.45. The van der Waals surface area contributed by atoms with E-state index in [9.17, 15) is 12.8 Å². The largest absolute Gasteiger partial charge is 0.357 e. The van der Waals surface area contributed by atoms with Crippen molar-refractivity contribution in [1.29, 1.82) is 0 Å². The van der Waals surface area contributed by atoms with Gasteiger partial charge in [0.15, 0.2) is 15.8 Å². The monoisotopic (exact) mass is 403 g/mol. The number of nitrogens with one attached hydrogen (secondary N) is 2. The van der Waals surface area contributed by atoms with Crippen LogP contribution < -0.4 is 10.6 Å². The highest BCUT2D eigenvalue weighted by molar-refractivity contribution is 7.90. The van der Waals surface area contributed by atoms with Gasteiger partial charge in [0.25, 0.3) is 0 Å². The molecule has 0 unspecified atom stereocenters. The molecule has 2 aromatic rings. The Labute approximate surface area is 166 Å². The van der Waals surface area contributed by atoms with Gasteiger partial charge in [-0.05, 0) is 49.1 Å². The number of aliphatic imine (C=N–C) groups is 1. The van der Waals surface area contributed by atoms with Crippen molar-refractivity contribution in [2.24, 2.45) is 4.99 Å². The zero-order valence-corrected chi connectivity index (χ0v) is 17.0. The van der Waals surface area contributed by atoms with Gasteiger partial charge >= 0.3 is 0 Å². The van der Waals surface area contributed by atoms with Crippen LogP contribution >= 0.6 is 0 Å². The summed E-state index contributed by atoms with van der Waals surface area (Å²) < 4.78 is 37.3. The first-order chi connectivity index (χ1) is 13.3. The minimum absolute atomic E-state index is 0.158. The number of guanidine groups is 1. The summed E-state index contributed by atoms with van der Waals surface area (Å²) in [6, 6.07) is 13.7. The van der Waals surface area contributed by atoms with E-state index in [1.165, 1.54) is 12.3 Å². The van der Waals surface area contributed by atoms with E-state index < -0.39 is 9.84 Å². The van der Waals surface area contributed by atoms with Gasteiger partial charge in [0.1, 0.15) is 5.82 Å². The smallest absolute Gasteiger partial charge is 0.191 e. The first-order valence-electron chi connectivity index (χ1n) is 9.40. The number of hydrogen-bond donors (Lipinski definition) is 2. The minimum Gasteiger partial charge on any atom is -0.357 e. The van der Waals surface area contributed by atoms with Gasteiger partial charge in [-0.1, -0.05) is 30.3 Å². The number of rotatable bonds is 7. The number of hydrogen-bond acceptors (Lipinski definition) is 3. The number of sulfone groups is 1. The molecule has 0 aromatic heterocycles. The van der Waals surface area contributed by atoms with Crippen molar-refractivity contribution >= 4 is 15.8 Å². The van der Waals surface area contributed by atoms with E-state index in [0.717, 1.165) is 24.0 Å². The van der Waals surface area contributed by atoms with E-state index in [4.69, 9.17) is 0 Å². The first kappa shape index (κ1) is 20.3. The molecule has 0 bridgehead atoms. The molecule has 28 heavy (non-hydrogen) atoms. The number of halogens is 1. The van der Waals surface area contributed by atoms with Crippen molar-refractivity contribution in [1.82, 2.24) is 10.6 Å². The molecule has 7 heteroatoms. The van der Waals surface area contributed by atoms with Gasteiger partial charge in [0.2, 0.25) is 0 Å². The second kappa shape index (κ2) is 8.31. The van der Waals surface area contributed by atoms with Crippen LogP contribution in [-0.4, -0.2) is 33.7 Å². The molecule has 0 radical (unpaired) electrons. The quantitative estimate of drug-likeness (QED) is 0.551. The molecule has 0 saturated heterocycles. The number of benzene rings is 2. The zero-order chi connectivity index (χ0) is 20.2. The zero-order valence-electron chi connectivity index (χ0n) is 16.2. The maximum Gasteiger partial charge on any atom is 0.191 e. The molecule has 1 fully saturated rings. The summed E-state index contributed by atoms with van der Waals surface area (Å²) in [5.74, 6) is 0.506. The van der Waals surface area contributed by atoms with Crippen molar-refractivity contribution in [3.63, 3.8) is 0 Å². The average Bonchev–Trinajstić information content (AvgIpc) is 3.45. The van der Waals surface area contributed by atoms with Crippen LogP contribution in [0.15, 0.2) is 58.4 Å². The second-order valence-electron chi connectivity index (χ2n) is 7.23. The SMILES string of the molecule is CCNC(=NCc1ccc(S(C)(=O)=O)cc1)NCC1(c2ccccc2F)CC1. The molecule has 0 amide bonds. The molecule has 3 rings (SSSR count). The fourth-order valence-corrected chi connectivity index (χ4v) is 3.82. The fraction of sp³-hybridized carbons (Fsp3) is 0.381. The van der Waals surface area contributed by atoms with Gasteiger partial charge in [-0.2, -0.15) is 0 Å². The highest BCUT2D eigenvalue weighted by Crippen LogP contribution is 2.48. The molecule has 5 nitrogen and oxygen atoms in total. The summed E-state index contributed by atoms with van der Waals surface area (Å²) in [6.07, 6.45) is 3.09. The van der Waals surface area contributed by atoms with Crippen LogP contribution in [0.4, 0.5) is 4.39 Å². The molecule has 1 aliphatic carbocycles. The van der Waals surface area contributed by atoms with E-state index in [0.29, 0.717) is 30.5 Å². The maximum absolute atomic E-state index is 14.2. The van der Waals surface area contributed by atoms with Crippen LogP contribution in [0.1, 0.15) is 30.9 Å². The Balaban J connectivity index is 1.66. The first-order valence-corrected chi connectivity index (χ1v) is 11.3. The Morgan fingerprint density at radius 2 is 1.79 bits per heavy atom. The Morgan fingerprint density at radius 1 is 1.11 bits per heavy atom. The van der Waals surface area contributed by atoms with Gasteiger partial charge in [-0.25, -0.2) is 17.8 Å². The lowest BCUT2D eigenvalue weighted by Gasteiger charge is -2.19. The molecule has 0 heterocycles. The van der Waals surface area contributed by atoms with Gasteiger partial charge in [0.05, 0.1) is 11.4 Å². The maximum atomic E-state index is 14.2. The van der Waals surface area contributed by atoms with Crippen LogP contribution in [0.2, 0.25) is 0 Å². The van der Waals surface area contributed by atoms with Crippen molar-refractivity contribution < 1.29 is 12.8 Å². The van der Waals surface area contributed by atoms with Gasteiger partial charge < -0.3 is 10.6 Å². The van der Waals surface area contributed by atoms with Gasteiger partial charge in [-0.3, -0.25) is 0 Å². The molecular weight excluding hydrogens is 377 g/mol. The summed E-state index contributed by atoms with van der Waals surface area (Å²) in [4.78, 5) is 4.87. The molecule has 0 spiro atoms. The molecule has 0 aliphatic heterocycles. The van der Waals surface area contributed by atoms with Crippen LogP contribution in [0.3, 0.4) is 0 Å². The predicted molar refractivity (Wildman–Crippen MR) is 110 cm³/mol. The Kier molecular flexibility index (Phi) is 6.03. The molecule has 150 valence electrons. The molecule has 2 N–H and O–H groups in total. The second-order valence-corrected chi connectivity index (χ2v) is 9.24. The van der Waals surface area contributed by atoms with Crippen LogP contribution in [0.25, 0.3) is 0 Å². The third-order valence-corrected chi connectivity index (χ3v) is 6.14. The fourth-order valence-electron chi connectivity index (χ4n) is 3.19. The van der Waals surface area contributed by atoms with Crippen molar-refractivity contribution in [2.75, 3.05) is 19.3 Å². The van der Waals surface area contributed by atoms with Crippen molar-refractivity contribution in [3.05, 3.63) is 65.5 Å². The summed E-state index contributed by atoms with van der Waals surface area (Å²) in [6.45, 7) is 3.74. The summed E-state index contributed by atoms with van der Waals surface area (Å²) >= 11 is 0. The lowest BCUT2D eigenvalue weighted by Crippen LogP contribution is -2.41. The lowest BCUT2D eigenvalue weighted by atomic mass is 9.95. The van der Waals surface area contributed by atoms with Crippen LogP contribution in [0.5, 0.6) is 0 Å². The van der Waals surface area contributed by atoms with E-state index in [-0.39, 0.29) is 11.2 Å². The van der Waals surface area contributed by atoms with Crippen LogP contribution in [0, 0.1) is 5.82 Å². The summed E-state index contributed by atoms with van der Waals surface area (Å²) in [5, 5.41) is 6.54. The average molecular weight is 404 g/mol. The lowest BCUT2D eigenvalue weighted by molar-refractivity contribution is 0.559. The third-order valence-electron chi connectivity index (χ3n) is 5.01. The van der Waals surface area contributed by atoms with E-state index in [1.54, 1.807) is 30.3 Å².